The molecule has 1 aliphatic rings. The molecule has 5 heteroatoms. The molecule has 5 nitrogen and oxygen atoms in total. The fourth-order valence-electron chi connectivity index (χ4n) is 2.32. The van der Waals surface area contributed by atoms with Crippen LogP contribution in [0.3, 0.4) is 0 Å². The number of aromatic nitrogens is 2. The third-order valence-corrected chi connectivity index (χ3v) is 3.56. The molecule has 118 valence electrons. The first-order valence-electron chi connectivity index (χ1n) is 7.55. The van der Waals surface area contributed by atoms with Gasteiger partial charge in [0.1, 0.15) is 12.1 Å². The van der Waals surface area contributed by atoms with E-state index in [1.165, 1.54) is 12.4 Å². The van der Waals surface area contributed by atoms with Gasteiger partial charge in [0.25, 0.3) is 0 Å². The lowest BCUT2D eigenvalue weighted by Gasteiger charge is -2.15. The molecule has 25 heavy (non-hydrogen) atoms. The summed E-state index contributed by atoms with van der Waals surface area (Å²) in [5.74, 6) is 0. The van der Waals surface area contributed by atoms with Crippen molar-refractivity contribution in [3.8, 4) is 12.1 Å². The highest BCUT2D eigenvalue weighted by molar-refractivity contribution is 5.77. The van der Waals surface area contributed by atoms with Gasteiger partial charge < -0.3 is 5.32 Å². The maximum Gasteiger partial charge on any atom is 0.101 e. The molecule has 2 aromatic rings. The van der Waals surface area contributed by atoms with E-state index in [1.807, 2.05) is 36.4 Å². The van der Waals surface area contributed by atoms with E-state index in [0.717, 1.165) is 11.3 Å². The van der Waals surface area contributed by atoms with Crippen molar-refractivity contribution in [2.45, 2.75) is 0 Å². The second-order valence-corrected chi connectivity index (χ2v) is 5.13. The Labute approximate surface area is 145 Å². The molecule has 0 fully saturated rings. The first-order chi connectivity index (χ1) is 12.3. The van der Waals surface area contributed by atoms with Crippen LogP contribution < -0.4 is 5.32 Å². The van der Waals surface area contributed by atoms with Gasteiger partial charge >= 0.3 is 0 Å². The van der Waals surface area contributed by atoms with Crippen molar-refractivity contribution in [3.63, 3.8) is 0 Å². The van der Waals surface area contributed by atoms with Gasteiger partial charge in [0.05, 0.1) is 28.7 Å². The van der Waals surface area contributed by atoms with Gasteiger partial charge in [0.15, 0.2) is 0 Å². The minimum absolute atomic E-state index is 0.379. The zero-order valence-corrected chi connectivity index (χ0v) is 13.2. The summed E-state index contributed by atoms with van der Waals surface area (Å²) in [7, 11) is 0. The van der Waals surface area contributed by atoms with Gasteiger partial charge in [0.2, 0.25) is 0 Å². The molecule has 2 heterocycles. The lowest BCUT2D eigenvalue weighted by Crippen LogP contribution is -2.04. The van der Waals surface area contributed by atoms with E-state index in [4.69, 9.17) is 0 Å². The van der Waals surface area contributed by atoms with E-state index in [-0.39, 0.29) is 0 Å². The minimum atomic E-state index is 0.379. The first kappa shape index (κ1) is 15.9. The molecule has 0 unspecified atom stereocenters. The van der Waals surface area contributed by atoms with Crippen molar-refractivity contribution in [1.29, 1.82) is 10.5 Å². The number of fused-ring (bicyclic) bond motifs is 1. The molecule has 0 spiro atoms. The number of hydrogen-bond donors (Lipinski definition) is 1. The number of nitrogens with one attached hydrogen (secondary N) is 1. The average molecular weight is 323 g/mol. The van der Waals surface area contributed by atoms with Crippen LogP contribution in [-0.4, -0.2) is 9.97 Å². The molecule has 1 aromatic heterocycles. The van der Waals surface area contributed by atoms with Crippen LogP contribution in [0.25, 0.3) is 11.6 Å². The smallest absolute Gasteiger partial charge is 0.101 e. The molecular weight excluding hydrogens is 310 g/mol. The Bertz CT molecular complexity index is 983. The maximum atomic E-state index is 9.42. The zero-order valence-electron chi connectivity index (χ0n) is 13.2. The molecular formula is C20H13N5. The maximum absolute atomic E-state index is 9.42. The summed E-state index contributed by atoms with van der Waals surface area (Å²) >= 11 is 0. The van der Waals surface area contributed by atoms with Crippen molar-refractivity contribution in [1.82, 2.24) is 9.97 Å². The van der Waals surface area contributed by atoms with Crippen molar-refractivity contribution in [2.24, 2.45) is 0 Å². The van der Waals surface area contributed by atoms with Crippen molar-refractivity contribution in [3.05, 3.63) is 89.7 Å². The van der Waals surface area contributed by atoms with Gasteiger partial charge in [-0.05, 0) is 29.9 Å². The Kier molecular flexibility index (Phi) is 4.80. The van der Waals surface area contributed by atoms with Crippen LogP contribution in [-0.2, 0) is 0 Å². The molecule has 0 saturated heterocycles. The third-order valence-electron chi connectivity index (χ3n) is 3.56. The highest BCUT2D eigenvalue weighted by Crippen LogP contribution is 2.25. The van der Waals surface area contributed by atoms with Crippen molar-refractivity contribution in [2.75, 3.05) is 5.32 Å². The number of benzene rings is 1. The topological polar surface area (TPSA) is 85.4 Å². The highest BCUT2D eigenvalue weighted by Gasteiger charge is 2.09. The van der Waals surface area contributed by atoms with Gasteiger partial charge in [-0.25, -0.2) is 0 Å². The third kappa shape index (κ3) is 3.69. The van der Waals surface area contributed by atoms with E-state index in [2.05, 4.69) is 27.4 Å². The summed E-state index contributed by atoms with van der Waals surface area (Å²) in [5.41, 5.74) is 4.08. The molecule has 0 atom stereocenters. The monoisotopic (exact) mass is 323 g/mol. The second kappa shape index (κ2) is 7.54. The van der Waals surface area contributed by atoms with E-state index >= 15 is 0 Å². The lowest BCUT2D eigenvalue weighted by molar-refractivity contribution is 1.17. The van der Waals surface area contributed by atoms with Gasteiger partial charge in [-0.1, -0.05) is 30.4 Å². The Balaban J connectivity index is 1.86. The van der Waals surface area contributed by atoms with Crippen LogP contribution in [0.15, 0.2) is 78.4 Å². The molecule has 0 radical (unpaired) electrons. The molecule has 0 aliphatic carbocycles. The van der Waals surface area contributed by atoms with Crippen LogP contribution >= 0.6 is 0 Å². The number of para-hydroxylation sites is 1. The fourth-order valence-corrected chi connectivity index (χ4v) is 2.32. The predicted octanol–water partition coefficient (Wildman–Crippen LogP) is 3.86. The number of nitrogens with zero attached hydrogens (tertiary/aromatic N) is 4. The Hall–Kier alpha value is -3.96. The van der Waals surface area contributed by atoms with Crippen LogP contribution in [0.4, 0.5) is 5.69 Å². The number of hydrogen-bond acceptors (Lipinski definition) is 5. The molecule has 1 aromatic carbocycles. The van der Waals surface area contributed by atoms with Crippen LogP contribution in [0.1, 0.15) is 11.3 Å². The Morgan fingerprint density at radius 1 is 1.08 bits per heavy atom. The Morgan fingerprint density at radius 3 is 2.72 bits per heavy atom. The molecule has 0 bridgehead atoms. The van der Waals surface area contributed by atoms with Crippen molar-refractivity contribution >= 4 is 17.3 Å². The van der Waals surface area contributed by atoms with E-state index < -0.39 is 0 Å². The van der Waals surface area contributed by atoms with Crippen LogP contribution in [0.2, 0.25) is 0 Å². The van der Waals surface area contributed by atoms with Gasteiger partial charge in [-0.2, -0.15) is 10.5 Å². The molecule has 0 saturated carbocycles. The SMILES string of the molecule is N#CC(=CC=CC(C#N)=C1C=Cc2ccccc2N1)c1cnccn1. The number of rotatable bonds is 3. The summed E-state index contributed by atoms with van der Waals surface area (Å²) in [6, 6.07) is 12.1. The quantitative estimate of drug-likeness (QED) is 0.685. The van der Waals surface area contributed by atoms with E-state index in [1.54, 1.807) is 24.4 Å². The van der Waals surface area contributed by atoms with Gasteiger partial charge in [-0.3, -0.25) is 9.97 Å². The molecule has 3 rings (SSSR count). The highest BCUT2D eigenvalue weighted by atomic mass is 14.9. The fraction of sp³-hybridized carbons (Fsp3) is 0. The first-order valence-corrected chi connectivity index (χ1v) is 7.55. The van der Waals surface area contributed by atoms with Crippen LogP contribution in [0.5, 0.6) is 0 Å². The number of nitriles is 2. The summed E-state index contributed by atoms with van der Waals surface area (Å²) in [5, 5.41) is 21.9. The lowest BCUT2D eigenvalue weighted by atomic mass is 10.1. The number of allylic oxidation sites excluding steroid dienone is 6. The number of anilines is 1. The summed E-state index contributed by atoms with van der Waals surface area (Å²) in [6.45, 7) is 0. The van der Waals surface area contributed by atoms with Crippen LogP contribution in [0, 0.1) is 22.7 Å². The average Bonchev–Trinajstić information content (AvgIpc) is 2.68. The standard InChI is InChI=1S/C20H13N5/c21-12-16(19-9-8-15-4-1-2-7-18(15)25-19)5-3-6-17(13-22)20-14-23-10-11-24-20/h1-11,14,25H. The van der Waals surface area contributed by atoms with E-state index in [9.17, 15) is 10.5 Å². The van der Waals surface area contributed by atoms with E-state index in [0.29, 0.717) is 22.5 Å². The molecule has 1 N–H and O–H groups in total. The Morgan fingerprint density at radius 2 is 1.96 bits per heavy atom. The summed E-state index contributed by atoms with van der Waals surface area (Å²) in [6.07, 6.45) is 13.4. The summed E-state index contributed by atoms with van der Waals surface area (Å²) < 4.78 is 0. The minimum Gasteiger partial charge on any atom is -0.354 e. The largest absolute Gasteiger partial charge is 0.354 e. The van der Waals surface area contributed by atoms with Gasteiger partial charge in [-0.15, -0.1) is 0 Å². The van der Waals surface area contributed by atoms with Crippen molar-refractivity contribution < 1.29 is 0 Å². The second-order valence-electron chi connectivity index (χ2n) is 5.13. The van der Waals surface area contributed by atoms with Gasteiger partial charge in [0, 0.05) is 18.1 Å². The molecule has 0 amide bonds. The zero-order chi connectivity index (χ0) is 17.5. The predicted molar refractivity (Wildman–Crippen MR) is 96.5 cm³/mol. The molecule has 1 aliphatic heterocycles. The normalized spacial score (nSPS) is 15.0. The summed E-state index contributed by atoms with van der Waals surface area (Å²) in [4.78, 5) is 8.04.